The van der Waals surface area contributed by atoms with Crippen LogP contribution in [0.5, 0.6) is 0 Å². The van der Waals surface area contributed by atoms with Crippen molar-refractivity contribution < 1.29 is 14.3 Å². The third-order valence-corrected chi connectivity index (χ3v) is 4.44. The van der Waals surface area contributed by atoms with Crippen LogP contribution in [0.1, 0.15) is 61.3 Å². The van der Waals surface area contributed by atoms with Crippen molar-refractivity contribution in [3.8, 4) is 0 Å². The van der Waals surface area contributed by atoms with E-state index >= 15 is 0 Å². The molecule has 6 heteroatoms. The zero-order valence-corrected chi connectivity index (χ0v) is 17.1. The molecule has 0 aromatic carbocycles. The fourth-order valence-corrected chi connectivity index (χ4v) is 3.25. The highest BCUT2D eigenvalue weighted by Crippen LogP contribution is 2.19. The molecule has 0 bridgehead atoms. The maximum atomic E-state index is 12.5. The molecule has 1 aliphatic rings. The quantitative estimate of drug-likeness (QED) is 0.796. The second-order valence-electron chi connectivity index (χ2n) is 8.48. The Morgan fingerprint density at radius 1 is 1.20 bits per heavy atom. The SMILES string of the molecule is CC(C)N(CCNC(=O)[C@@H]1CCCN(C(=O)OC(C)(C)C)C1)C(C)C. The predicted molar refractivity (Wildman–Crippen MR) is 101 cm³/mol. The standard InChI is InChI=1S/C19H37N3O3/c1-14(2)22(15(3)4)12-10-20-17(23)16-9-8-11-21(13-16)18(24)25-19(5,6)7/h14-16H,8-13H2,1-7H3,(H,20,23)/t16-/m1/s1. The van der Waals surface area contributed by atoms with Gasteiger partial charge in [-0.25, -0.2) is 4.79 Å². The van der Waals surface area contributed by atoms with Crippen molar-refractivity contribution in [2.75, 3.05) is 26.2 Å². The van der Waals surface area contributed by atoms with E-state index in [2.05, 4.69) is 37.9 Å². The second kappa shape index (κ2) is 9.41. The fourth-order valence-electron chi connectivity index (χ4n) is 3.25. The van der Waals surface area contributed by atoms with Gasteiger partial charge in [-0.3, -0.25) is 9.69 Å². The average molecular weight is 356 g/mol. The molecule has 2 amide bonds. The molecule has 0 saturated carbocycles. The molecule has 0 aromatic heterocycles. The maximum Gasteiger partial charge on any atom is 0.410 e. The van der Waals surface area contributed by atoms with Gasteiger partial charge < -0.3 is 15.0 Å². The summed E-state index contributed by atoms with van der Waals surface area (Å²) in [5.41, 5.74) is -0.510. The largest absolute Gasteiger partial charge is 0.444 e. The highest BCUT2D eigenvalue weighted by molar-refractivity contribution is 5.80. The van der Waals surface area contributed by atoms with E-state index in [1.807, 2.05) is 20.8 Å². The molecule has 1 rings (SSSR count). The van der Waals surface area contributed by atoms with Gasteiger partial charge in [0.25, 0.3) is 0 Å². The van der Waals surface area contributed by atoms with Crippen LogP contribution in [0.25, 0.3) is 0 Å². The molecule has 1 aliphatic heterocycles. The number of nitrogens with one attached hydrogen (secondary N) is 1. The summed E-state index contributed by atoms with van der Waals surface area (Å²) in [7, 11) is 0. The molecule has 1 fully saturated rings. The third-order valence-electron chi connectivity index (χ3n) is 4.44. The Balaban J connectivity index is 2.46. The highest BCUT2D eigenvalue weighted by atomic mass is 16.6. The van der Waals surface area contributed by atoms with Crippen LogP contribution in [0.3, 0.4) is 0 Å². The molecule has 0 radical (unpaired) electrons. The molecule has 1 atom stereocenters. The number of likely N-dealkylation sites (tertiary alicyclic amines) is 1. The molecule has 0 spiro atoms. The van der Waals surface area contributed by atoms with Gasteiger partial charge in [-0.15, -0.1) is 0 Å². The van der Waals surface area contributed by atoms with E-state index in [0.29, 0.717) is 31.7 Å². The van der Waals surface area contributed by atoms with Crippen molar-refractivity contribution in [1.29, 1.82) is 0 Å². The van der Waals surface area contributed by atoms with E-state index in [4.69, 9.17) is 4.74 Å². The van der Waals surface area contributed by atoms with Crippen LogP contribution < -0.4 is 5.32 Å². The zero-order chi connectivity index (χ0) is 19.2. The molecule has 146 valence electrons. The molecule has 0 aliphatic carbocycles. The van der Waals surface area contributed by atoms with Crippen LogP contribution in [0.4, 0.5) is 4.79 Å². The lowest BCUT2D eigenvalue weighted by Gasteiger charge is -2.34. The molecule has 1 saturated heterocycles. The first-order valence-corrected chi connectivity index (χ1v) is 9.52. The summed E-state index contributed by atoms with van der Waals surface area (Å²) in [5, 5.41) is 3.04. The number of piperidine rings is 1. The van der Waals surface area contributed by atoms with Crippen molar-refractivity contribution in [3.05, 3.63) is 0 Å². The summed E-state index contributed by atoms with van der Waals surface area (Å²) >= 11 is 0. The number of hydrogen-bond donors (Lipinski definition) is 1. The van der Waals surface area contributed by atoms with Gasteiger partial charge in [-0.05, 0) is 61.3 Å². The van der Waals surface area contributed by atoms with Gasteiger partial charge in [0.05, 0.1) is 5.92 Å². The molecular weight excluding hydrogens is 318 g/mol. The number of hydrogen-bond acceptors (Lipinski definition) is 4. The molecular formula is C19H37N3O3. The average Bonchev–Trinajstić information content (AvgIpc) is 2.49. The van der Waals surface area contributed by atoms with Gasteiger partial charge in [-0.1, -0.05) is 0 Å². The van der Waals surface area contributed by atoms with Crippen molar-refractivity contribution in [3.63, 3.8) is 0 Å². The minimum atomic E-state index is -0.510. The van der Waals surface area contributed by atoms with Gasteiger partial charge in [0.1, 0.15) is 5.60 Å². The first kappa shape index (κ1) is 21.7. The summed E-state index contributed by atoms with van der Waals surface area (Å²) in [4.78, 5) is 28.7. The lowest BCUT2D eigenvalue weighted by Crippen LogP contribution is -2.48. The Labute approximate surface area is 153 Å². The monoisotopic (exact) mass is 355 g/mol. The first-order valence-electron chi connectivity index (χ1n) is 9.52. The van der Waals surface area contributed by atoms with Gasteiger partial charge in [0.2, 0.25) is 5.91 Å². The molecule has 0 aromatic rings. The van der Waals surface area contributed by atoms with Crippen molar-refractivity contribution in [2.45, 2.75) is 79.0 Å². The van der Waals surface area contributed by atoms with Crippen LogP contribution in [0, 0.1) is 5.92 Å². The van der Waals surface area contributed by atoms with Crippen LogP contribution in [0.2, 0.25) is 0 Å². The fraction of sp³-hybridized carbons (Fsp3) is 0.895. The summed E-state index contributed by atoms with van der Waals surface area (Å²) in [6.45, 7) is 16.8. The van der Waals surface area contributed by atoms with Gasteiger partial charge in [0.15, 0.2) is 0 Å². The third kappa shape index (κ3) is 7.63. The normalized spacial score (nSPS) is 18.8. The number of ether oxygens (including phenoxy) is 1. The van der Waals surface area contributed by atoms with Gasteiger partial charge in [0, 0.05) is 38.3 Å². The minimum Gasteiger partial charge on any atom is -0.444 e. The summed E-state index contributed by atoms with van der Waals surface area (Å²) in [5.74, 6) is -0.103. The smallest absolute Gasteiger partial charge is 0.410 e. The van der Waals surface area contributed by atoms with Crippen LogP contribution in [-0.4, -0.2) is 65.7 Å². The molecule has 1 heterocycles. The second-order valence-corrected chi connectivity index (χ2v) is 8.48. The van der Waals surface area contributed by atoms with Gasteiger partial charge in [-0.2, -0.15) is 0 Å². The van der Waals surface area contributed by atoms with E-state index in [9.17, 15) is 9.59 Å². The number of carbonyl (C=O) groups is 2. The van der Waals surface area contributed by atoms with Crippen molar-refractivity contribution in [1.82, 2.24) is 15.1 Å². The topological polar surface area (TPSA) is 61.9 Å². The number of amides is 2. The van der Waals surface area contributed by atoms with E-state index < -0.39 is 5.60 Å². The Bertz CT molecular complexity index is 436. The highest BCUT2D eigenvalue weighted by Gasteiger charge is 2.30. The summed E-state index contributed by atoms with van der Waals surface area (Å²) in [6.07, 6.45) is 1.33. The molecule has 25 heavy (non-hydrogen) atoms. The molecule has 0 unspecified atom stereocenters. The van der Waals surface area contributed by atoms with E-state index in [1.54, 1.807) is 4.90 Å². The van der Waals surface area contributed by atoms with E-state index in [-0.39, 0.29) is 17.9 Å². The number of rotatable bonds is 6. The van der Waals surface area contributed by atoms with Crippen molar-refractivity contribution >= 4 is 12.0 Å². The Kier molecular flexibility index (Phi) is 8.19. The lowest BCUT2D eigenvalue weighted by molar-refractivity contribution is -0.126. The zero-order valence-electron chi connectivity index (χ0n) is 17.1. The van der Waals surface area contributed by atoms with E-state index in [0.717, 1.165) is 19.4 Å². The first-order chi connectivity index (χ1) is 11.5. The maximum absolute atomic E-state index is 12.5. The molecule has 6 nitrogen and oxygen atoms in total. The van der Waals surface area contributed by atoms with E-state index in [1.165, 1.54) is 0 Å². The van der Waals surface area contributed by atoms with Crippen molar-refractivity contribution in [2.24, 2.45) is 5.92 Å². The van der Waals surface area contributed by atoms with Crippen LogP contribution >= 0.6 is 0 Å². The Morgan fingerprint density at radius 3 is 2.32 bits per heavy atom. The Hall–Kier alpha value is -1.30. The Morgan fingerprint density at radius 2 is 1.80 bits per heavy atom. The molecule has 1 N–H and O–H groups in total. The summed E-state index contributed by atoms with van der Waals surface area (Å²) < 4.78 is 5.42. The lowest BCUT2D eigenvalue weighted by atomic mass is 9.97. The number of carbonyl (C=O) groups excluding carboxylic acids is 2. The van der Waals surface area contributed by atoms with Crippen LogP contribution in [-0.2, 0) is 9.53 Å². The minimum absolute atomic E-state index is 0.0423. The van der Waals surface area contributed by atoms with Gasteiger partial charge >= 0.3 is 6.09 Å². The summed E-state index contributed by atoms with van der Waals surface area (Å²) in [6, 6.07) is 0.906. The number of nitrogens with zero attached hydrogens (tertiary/aromatic N) is 2. The van der Waals surface area contributed by atoms with Crippen LogP contribution in [0.15, 0.2) is 0 Å². The predicted octanol–water partition coefficient (Wildman–Crippen LogP) is 2.87.